The summed E-state index contributed by atoms with van der Waals surface area (Å²) in [6.07, 6.45) is 3.55. The quantitative estimate of drug-likeness (QED) is 0.744. The van der Waals surface area contributed by atoms with Gasteiger partial charge in [-0.2, -0.15) is 0 Å². The summed E-state index contributed by atoms with van der Waals surface area (Å²) in [6.45, 7) is 3.79. The molecule has 0 radical (unpaired) electrons. The Bertz CT molecular complexity index is 1030. The van der Waals surface area contributed by atoms with Gasteiger partial charge in [0.05, 0.1) is 5.56 Å². The van der Waals surface area contributed by atoms with E-state index in [1.54, 1.807) is 34.5 Å². The molecule has 3 rings (SSSR count). The Hall–Kier alpha value is -2.93. The van der Waals surface area contributed by atoms with Crippen molar-refractivity contribution in [3.05, 3.63) is 57.9 Å². The SMILES string of the molecule is Cc1cc(C)n(C)c(=O)c1-c1ccc(C[C@H](N)C(=O)O)n2ccnc12. The molecular weight excluding hydrogens is 320 g/mol. The first-order valence-corrected chi connectivity index (χ1v) is 7.92. The van der Waals surface area contributed by atoms with E-state index in [2.05, 4.69) is 4.98 Å². The molecule has 0 fully saturated rings. The highest BCUT2D eigenvalue weighted by Gasteiger charge is 2.18. The largest absolute Gasteiger partial charge is 0.480 e. The Morgan fingerprint density at radius 3 is 2.76 bits per heavy atom. The van der Waals surface area contributed by atoms with E-state index < -0.39 is 12.0 Å². The minimum Gasteiger partial charge on any atom is -0.480 e. The lowest BCUT2D eigenvalue weighted by Crippen LogP contribution is -2.32. The number of imidazole rings is 1. The van der Waals surface area contributed by atoms with Crippen molar-refractivity contribution in [2.24, 2.45) is 12.8 Å². The molecule has 0 aliphatic rings. The van der Waals surface area contributed by atoms with Crippen LogP contribution in [0.2, 0.25) is 0 Å². The number of aryl methyl sites for hydroxylation is 2. The van der Waals surface area contributed by atoms with E-state index in [1.807, 2.05) is 26.0 Å². The fraction of sp³-hybridized carbons (Fsp3) is 0.278. The first-order valence-electron chi connectivity index (χ1n) is 7.92. The van der Waals surface area contributed by atoms with Crippen LogP contribution in [0.1, 0.15) is 17.0 Å². The van der Waals surface area contributed by atoms with Crippen molar-refractivity contribution >= 4 is 11.6 Å². The van der Waals surface area contributed by atoms with Gasteiger partial charge in [0.25, 0.3) is 5.56 Å². The van der Waals surface area contributed by atoms with E-state index in [-0.39, 0.29) is 12.0 Å². The first kappa shape index (κ1) is 16.9. The van der Waals surface area contributed by atoms with Crippen molar-refractivity contribution in [3.63, 3.8) is 0 Å². The van der Waals surface area contributed by atoms with Gasteiger partial charge in [-0.05, 0) is 37.6 Å². The smallest absolute Gasteiger partial charge is 0.320 e. The molecule has 3 heterocycles. The molecule has 0 aliphatic heterocycles. The lowest BCUT2D eigenvalue weighted by atomic mass is 10.0. The number of fused-ring (bicyclic) bond motifs is 1. The first-order chi connectivity index (χ1) is 11.8. The van der Waals surface area contributed by atoms with Crippen molar-refractivity contribution in [2.75, 3.05) is 0 Å². The third-order valence-corrected chi connectivity index (χ3v) is 4.52. The zero-order chi connectivity index (χ0) is 18.3. The van der Waals surface area contributed by atoms with Crippen LogP contribution in [0.25, 0.3) is 16.8 Å². The van der Waals surface area contributed by atoms with Crippen LogP contribution in [0, 0.1) is 13.8 Å². The van der Waals surface area contributed by atoms with Gasteiger partial charge in [-0.15, -0.1) is 0 Å². The Morgan fingerprint density at radius 1 is 1.36 bits per heavy atom. The molecule has 25 heavy (non-hydrogen) atoms. The number of rotatable bonds is 4. The zero-order valence-corrected chi connectivity index (χ0v) is 14.4. The van der Waals surface area contributed by atoms with E-state index in [9.17, 15) is 9.59 Å². The van der Waals surface area contributed by atoms with Gasteiger partial charge < -0.3 is 19.8 Å². The second kappa shape index (κ2) is 6.18. The average Bonchev–Trinajstić information content (AvgIpc) is 3.04. The molecule has 0 saturated heterocycles. The molecule has 3 N–H and O–H groups in total. The fourth-order valence-electron chi connectivity index (χ4n) is 3.05. The summed E-state index contributed by atoms with van der Waals surface area (Å²) >= 11 is 0. The monoisotopic (exact) mass is 340 g/mol. The van der Waals surface area contributed by atoms with E-state index >= 15 is 0 Å². The number of pyridine rings is 2. The number of nitrogens with two attached hydrogens (primary N) is 1. The maximum atomic E-state index is 12.8. The van der Waals surface area contributed by atoms with Gasteiger partial charge in [0.15, 0.2) is 0 Å². The van der Waals surface area contributed by atoms with Crippen LogP contribution < -0.4 is 11.3 Å². The van der Waals surface area contributed by atoms with E-state index in [0.29, 0.717) is 11.2 Å². The average molecular weight is 340 g/mol. The van der Waals surface area contributed by atoms with Crippen LogP contribution >= 0.6 is 0 Å². The minimum absolute atomic E-state index is 0.0858. The second-order valence-electron chi connectivity index (χ2n) is 6.22. The number of hydrogen-bond acceptors (Lipinski definition) is 4. The fourth-order valence-corrected chi connectivity index (χ4v) is 3.05. The Morgan fingerprint density at radius 2 is 2.08 bits per heavy atom. The van der Waals surface area contributed by atoms with Gasteiger partial charge >= 0.3 is 5.97 Å². The zero-order valence-electron chi connectivity index (χ0n) is 14.4. The van der Waals surface area contributed by atoms with Crippen LogP contribution in [0.5, 0.6) is 0 Å². The Labute approximate surface area is 144 Å². The summed E-state index contributed by atoms with van der Waals surface area (Å²) in [6, 6.07) is 4.58. The van der Waals surface area contributed by atoms with Crippen molar-refractivity contribution in [1.82, 2.24) is 14.0 Å². The molecular formula is C18H20N4O3. The van der Waals surface area contributed by atoms with E-state index in [1.165, 1.54) is 0 Å². The van der Waals surface area contributed by atoms with Crippen molar-refractivity contribution in [2.45, 2.75) is 26.3 Å². The third-order valence-electron chi connectivity index (χ3n) is 4.52. The second-order valence-corrected chi connectivity index (χ2v) is 6.22. The molecule has 3 aromatic heterocycles. The van der Waals surface area contributed by atoms with E-state index in [4.69, 9.17) is 10.8 Å². The molecule has 0 spiro atoms. The number of nitrogens with zero attached hydrogens (tertiary/aromatic N) is 3. The molecule has 0 unspecified atom stereocenters. The van der Waals surface area contributed by atoms with Gasteiger partial charge in [-0.3, -0.25) is 9.59 Å². The summed E-state index contributed by atoms with van der Waals surface area (Å²) in [5.74, 6) is -1.06. The highest BCUT2D eigenvalue weighted by atomic mass is 16.4. The number of carboxylic acids is 1. The lowest BCUT2D eigenvalue weighted by molar-refractivity contribution is -0.138. The maximum Gasteiger partial charge on any atom is 0.320 e. The molecule has 0 amide bonds. The summed E-state index contributed by atoms with van der Waals surface area (Å²) in [4.78, 5) is 28.2. The summed E-state index contributed by atoms with van der Waals surface area (Å²) in [7, 11) is 1.74. The third kappa shape index (κ3) is 2.83. The number of carbonyl (C=O) groups is 1. The van der Waals surface area contributed by atoms with Gasteiger partial charge in [-0.1, -0.05) is 0 Å². The van der Waals surface area contributed by atoms with E-state index in [0.717, 1.165) is 22.5 Å². The number of hydrogen-bond donors (Lipinski definition) is 2. The predicted octanol–water partition coefficient (Wildman–Crippen LogP) is 1.27. The highest BCUT2D eigenvalue weighted by Crippen LogP contribution is 2.25. The molecule has 7 heteroatoms. The Balaban J connectivity index is 2.21. The van der Waals surface area contributed by atoms with Crippen LogP contribution in [0.15, 0.2) is 35.4 Å². The van der Waals surface area contributed by atoms with Crippen molar-refractivity contribution < 1.29 is 9.90 Å². The number of aromatic nitrogens is 3. The molecule has 0 aliphatic carbocycles. The maximum absolute atomic E-state index is 12.8. The van der Waals surface area contributed by atoms with Gasteiger partial charge in [0.1, 0.15) is 11.7 Å². The van der Waals surface area contributed by atoms with Crippen LogP contribution in [-0.4, -0.2) is 31.1 Å². The van der Waals surface area contributed by atoms with Gasteiger partial charge in [-0.25, -0.2) is 4.98 Å². The number of aliphatic carboxylic acids is 1. The molecule has 1 atom stereocenters. The van der Waals surface area contributed by atoms with Crippen molar-refractivity contribution in [3.8, 4) is 11.1 Å². The summed E-state index contributed by atoms with van der Waals surface area (Å²) < 4.78 is 3.40. The molecule has 3 aromatic rings. The minimum atomic E-state index is -1.06. The van der Waals surface area contributed by atoms with Crippen LogP contribution in [-0.2, 0) is 18.3 Å². The molecule has 7 nitrogen and oxygen atoms in total. The molecule has 0 saturated carbocycles. The normalized spacial score (nSPS) is 12.5. The van der Waals surface area contributed by atoms with Gasteiger partial charge in [0, 0.05) is 42.8 Å². The topological polar surface area (TPSA) is 103 Å². The lowest BCUT2D eigenvalue weighted by Gasteiger charge is -2.14. The summed E-state index contributed by atoms with van der Waals surface area (Å²) in [5.41, 5.74) is 9.98. The number of carboxylic acid groups (broad SMARTS) is 1. The molecule has 0 aromatic carbocycles. The van der Waals surface area contributed by atoms with Crippen molar-refractivity contribution in [1.29, 1.82) is 0 Å². The standard InChI is InChI=1S/C18H20N4O3/c1-10-8-11(2)21(3)17(23)15(10)13-5-4-12(9-14(19)18(24)25)22-7-6-20-16(13)22/h4-8,14H,9,19H2,1-3H3,(H,24,25)/t14-/m0/s1. The Kier molecular flexibility index (Phi) is 4.18. The van der Waals surface area contributed by atoms with Gasteiger partial charge in [0.2, 0.25) is 0 Å². The highest BCUT2D eigenvalue weighted by molar-refractivity contribution is 5.80. The predicted molar refractivity (Wildman–Crippen MR) is 94.7 cm³/mol. The van der Waals surface area contributed by atoms with Crippen LogP contribution in [0.4, 0.5) is 0 Å². The van der Waals surface area contributed by atoms with Crippen LogP contribution in [0.3, 0.4) is 0 Å². The summed E-state index contributed by atoms with van der Waals surface area (Å²) in [5, 5.41) is 9.03. The molecule has 130 valence electrons. The molecule has 0 bridgehead atoms.